The van der Waals surface area contributed by atoms with Crippen molar-refractivity contribution < 1.29 is 31.5 Å². The number of nitrogens with zero attached hydrogens (tertiary/aromatic N) is 1. The summed E-state index contributed by atoms with van der Waals surface area (Å²) in [6, 6.07) is 7.99. The zero-order chi connectivity index (χ0) is 23.0. The summed E-state index contributed by atoms with van der Waals surface area (Å²) in [6.45, 7) is 3.04. The van der Waals surface area contributed by atoms with Crippen molar-refractivity contribution in [3.05, 3.63) is 58.6 Å². The lowest BCUT2D eigenvalue weighted by Crippen LogP contribution is -2.12. The van der Waals surface area contributed by atoms with Crippen LogP contribution in [0.1, 0.15) is 27.9 Å². The minimum Gasteiger partial charge on any atom is -0.506 e. The van der Waals surface area contributed by atoms with Crippen LogP contribution in [0.5, 0.6) is 5.75 Å². The van der Waals surface area contributed by atoms with Crippen LogP contribution in [0.25, 0.3) is 10.6 Å². The van der Waals surface area contributed by atoms with Gasteiger partial charge in [-0.25, -0.2) is 13.4 Å². The van der Waals surface area contributed by atoms with Crippen molar-refractivity contribution >= 4 is 32.8 Å². The molecular weight excluding hydrogens is 453 g/mol. The third kappa shape index (κ3) is 4.88. The molecule has 0 radical (unpaired) electrons. The van der Waals surface area contributed by atoms with Crippen molar-refractivity contribution in [3.63, 3.8) is 0 Å². The molecule has 0 aliphatic rings. The number of halogens is 3. The summed E-state index contributed by atoms with van der Waals surface area (Å²) in [4.78, 5) is 17.1. The first-order valence-corrected chi connectivity index (χ1v) is 11.4. The van der Waals surface area contributed by atoms with Crippen LogP contribution in [0.15, 0.2) is 47.4 Å². The van der Waals surface area contributed by atoms with Crippen molar-refractivity contribution in [2.45, 2.75) is 24.9 Å². The Morgan fingerprint density at radius 2 is 1.81 bits per heavy atom. The van der Waals surface area contributed by atoms with E-state index in [2.05, 4.69) is 10.3 Å². The Balaban J connectivity index is 1.88. The number of carbonyl (C=O) groups is 1. The fourth-order valence-corrected chi connectivity index (χ4v) is 4.56. The molecule has 6 nitrogen and oxygen atoms in total. The van der Waals surface area contributed by atoms with Gasteiger partial charge in [-0.1, -0.05) is 19.1 Å². The molecule has 1 heterocycles. The van der Waals surface area contributed by atoms with Gasteiger partial charge in [0.25, 0.3) is 5.91 Å². The number of hydrogen-bond acceptors (Lipinski definition) is 6. The molecule has 0 spiro atoms. The van der Waals surface area contributed by atoms with Gasteiger partial charge in [0.2, 0.25) is 0 Å². The molecule has 0 unspecified atom stereocenters. The van der Waals surface area contributed by atoms with Gasteiger partial charge in [-0.2, -0.15) is 13.2 Å². The largest absolute Gasteiger partial charge is 0.506 e. The standard InChI is InChI=1S/C20H17F3N2O4S2/c1-3-31(28,29)14-8-9-16(26)15(10-14)25-18(27)17-11(2)24-19(30-17)12-4-6-13(7-5-12)20(21,22)23/h4-10,26H,3H2,1-2H3,(H,25,27). The highest BCUT2D eigenvalue weighted by Crippen LogP contribution is 2.34. The molecular formula is C20H17F3N2O4S2. The third-order valence-electron chi connectivity index (χ3n) is 4.42. The second-order valence-corrected chi connectivity index (χ2v) is 9.82. The van der Waals surface area contributed by atoms with Gasteiger partial charge >= 0.3 is 6.18 Å². The number of hydrogen-bond donors (Lipinski definition) is 2. The molecule has 31 heavy (non-hydrogen) atoms. The number of aromatic hydroxyl groups is 1. The number of alkyl halides is 3. The number of phenols is 1. The lowest BCUT2D eigenvalue weighted by Gasteiger charge is -2.09. The smallest absolute Gasteiger partial charge is 0.416 e. The van der Waals surface area contributed by atoms with Gasteiger partial charge in [-0.15, -0.1) is 11.3 Å². The normalized spacial score (nSPS) is 12.0. The van der Waals surface area contributed by atoms with E-state index in [1.807, 2.05) is 0 Å². The zero-order valence-corrected chi connectivity index (χ0v) is 18.0. The minimum atomic E-state index is -4.45. The molecule has 0 aliphatic heterocycles. The summed E-state index contributed by atoms with van der Waals surface area (Å²) in [5.41, 5.74) is -0.114. The highest BCUT2D eigenvalue weighted by atomic mass is 32.2. The van der Waals surface area contributed by atoms with Gasteiger partial charge in [0.05, 0.1) is 27.6 Å². The summed E-state index contributed by atoms with van der Waals surface area (Å²) in [7, 11) is -3.54. The Bertz CT molecular complexity index is 1230. The van der Waals surface area contributed by atoms with Crippen molar-refractivity contribution in [2.24, 2.45) is 0 Å². The van der Waals surface area contributed by atoms with Gasteiger partial charge in [0.15, 0.2) is 9.84 Å². The van der Waals surface area contributed by atoms with Gasteiger partial charge in [-0.3, -0.25) is 4.79 Å². The molecule has 0 aliphatic carbocycles. The van der Waals surface area contributed by atoms with E-state index in [1.165, 1.54) is 37.3 Å². The Morgan fingerprint density at radius 3 is 2.39 bits per heavy atom. The van der Waals surface area contributed by atoms with E-state index in [0.29, 0.717) is 16.3 Å². The molecule has 0 saturated heterocycles. The number of benzene rings is 2. The first-order chi connectivity index (χ1) is 14.4. The monoisotopic (exact) mass is 470 g/mol. The average molecular weight is 470 g/mol. The molecule has 2 aromatic carbocycles. The van der Waals surface area contributed by atoms with Crippen LogP contribution in [0.2, 0.25) is 0 Å². The highest BCUT2D eigenvalue weighted by Gasteiger charge is 2.30. The first kappa shape index (κ1) is 22.8. The van der Waals surface area contributed by atoms with Crippen LogP contribution < -0.4 is 5.32 Å². The number of carbonyl (C=O) groups excluding carboxylic acids is 1. The minimum absolute atomic E-state index is 0.0467. The number of phenolic OH excluding ortho intramolecular Hbond substituents is 1. The Kier molecular flexibility index (Phi) is 6.10. The van der Waals surface area contributed by atoms with Crippen molar-refractivity contribution in [1.82, 2.24) is 4.98 Å². The van der Waals surface area contributed by atoms with E-state index in [4.69, 9.17) is 0 Å². The molecule has 1 aromatic heterocycles. The lowest BCUT2D eigenvalue weighted by molar-refractivity contribution is -0.137. The molecule has 164 valence electrons. The zero-order valence-electron chi connectivity index (χ0n) is 16.3. The van der Waals surface area contributed by atoms with Crippen molar-refractivity contribution in [2.75, 3.05) is 11.1 Å². The van der Waals surface area contributed by atoms with Crippen LogP contribution in [-0.2, 0) is 16.0 Å². The fourth-order valence-electron chi connectivity index (χ4n) is 2.69. The fraction of sp³-hybridized carbons (Fsp3) is 0.200. The van der Waals surface area contributed by atoms with Crippen LogP contribution in [0, 0.1) is 6.92 Å². The molecule has 3 aromatic rings. The van der Waals surface area contributed by atoms with Gasteiger partial charge in [-0.05, 0) is 37.3 Å². The molecule has 0 fully saturated rings. The molecule has 3 rings (SSSR count). The Hall–Kier alpha value is -2.92. The van der Waals surface area contributed by atoms with E-state index < -0.39 is 27.5 Å². The van der Waals surface area contributed by atoms with Crippen molar-refractivity contribution in [1.29, 1.82) is 0 Å². The maximum Gasteiger partial charge on any atom is 0.416 e. The number of aromatic nitrogens is 1. The molecule has 2 N–H and O–H groups in total. The quantitative estimate of drug-likeness (QED) is 0.518. The maximum atomic E-state index is 12.7. The highest BCUT2D eigenvalue weighted by molar-refractivity contribution is 7.91. The number of anilines is 1. The summed E-state index contributed by atoms with van der Waals surface area (Å²) in [6.07, 6.45) is -4.45. The molecule has 11 heteroatoms. The van der Waals surface area contributed by atoms with E-state index in [-0.39, 0.29) is 27.0 Å². The molecule has 0 atom stereocenters. The number of aryl methyl sites for hydroxylation is 1. The number of sulfone groups is 1. The Morgan fingerprint density at radius 1 is 1.16 bits per heavy atom. The SMILES string of the molecule is CCS(=O)(=O)c1ccc(O)c(NC(=O)c2sc(-c3ccc(C(F)(F)F)cc3)nc2C)c1. The van der Waals surface area contributed by atoms with E-state index in [1.54, 1.807) is 6.92 Å². The number of nitrogens with one attached hydrogen (secondary N) is 1. The second-order valence-electron chi connectivity index (χ2n) is 6.55. The Labute approximate surface area is 180 Å². The van der Waals surface area contributed by atoms with E-state index in [0.717, 1.165) is 23.5 Å². The molecule has 1 amide bonds. The predicted octanol–water partition coefficient (Wildman–Crippen LogP) is 4.89. The van der Waals surface area contributed by atoms with E-state index in [9.17, 15) is 31.5 Å². The second kappa shape index (κ2) is 8.31. The van der Waals surface area contributed by atoms with E-state index >= 15 is 0 Å². The summed E-state index contributed by atoms with van der Waals surface area (Å²) < 4.78 is 62.3. The van der Waals surface area contributed by atoms with Crippen LogP contribution in [0.3, 0.4) is 0 Å². The van der Waals surface area contributed by atoms with Crippen LogP contribution in [-0.4, -0.2) is 30.2 Å². The topological polar surface area (TPSA) is 96.4 Å². The van der Waals surface area contributed by atoms with Gasteiger partial charge in [0.1, 0.15) is 15.6 Å². The number of amides is 1. The summed E-state index contributed by atoms with van der Waals surface area (Å²) >= 11 is 0.969. The predicted molar refractivity (Wildman–Crippen MR) is 111 cm³/mol. The van der Waals surface area contributed by atoms with Gasteiger partial charge in [0, 0.05) is 5.56 Å². The molecule has 0 bridgehead atoms. The maximum absolute atomic E-state index is 12.7. The number of thiazole rings is 1. The van der Waals surface area contributed by atoms with Gasteiger partial charge < -0.3 is 10.4 Å². The summed E-state index contributed by atoms with van der Waals surface area (Å²) in [5, 5.41) is 12.8. The average Bonchev–Trinajstić information content (AvgIpc) is 3.10. The summed E-state index contributed by atoms with van der Waals surface area (Å²) in [5.74, 6) is -1.08. The lowest BCUT2D eigenvalue weighted by atomic mass is 10.1. The first-order valence-electron chi connectivity index (χ1n) is 8.94. The van der Waals surface area contributed by atoms with Crippen LogP contribution in [0.4, 0.5) is 18.9 Å². The number of rotatable bonds is 5. The van der Waals surface area contributed by atoms with Crippen molar-refractivity contribution in [3.8, 4) is 16.3 Å². The van der Waals surface area contributed by atoms with Crippen LogP contribution >= 0.6 is 11.3 Å². The third-order valence-corrected chi connectivity index (χ3v) is 7.35. The molecule has 0 saturated carbocycles.